The predicted octanol–water partition coefficient (Wildman–Crippen LogP) is 0.936. The SMILES string of the molecule is O=C1CCC(N2C(=O)c3cc4c(cc3C2=O)CN(C2CC3(CCNCC3)C2)C4)C(=O)N1. The lowest BCUT2D eigenvalue weighted by Crippen LogP contribution is -2.54. The van der Waals surface area contributed by atoms with Crippen molar-refractivity contribution in [2.75, 3.05) is 13.1 Å². The van der Waals surface area contributed by atoms with E-state index in [-0.39, 0.29) is 18.7 Å². The van der Waals surface area contributed by atoms with Gasteiger partial charge in [-0.2, -0.15) is 0 Å². The van der Waals surface area contributed by atoms with Crippen LogP contribution in [0.4, 0.5) is 0 Å². The molecular formula is C23H26N4O4. The molecule has 2 saturated heterocycles. The fourth-order valence-corrected chi connectivity index (χ4v) is 6.22. The summed E-state index contributed by atoms with van der Waals surface area (Å²) in [5.41, 5.74) is 3.51. The third-order valence-electron chi connectivity index (χ3n) is 8.02. The molecule has 1 aromatic rings. The minimum absolute atomic E-state index is 0.133. The second kappa shape index (κ2) is 6.71. The number of imide groups is 2. The van der Waals surface area contributed by atoms with Gasteiger partial charge in [-0.25, -0.2) is 0 Å². The van der Waals surface area contributed by atoms with Gasteiger partial charge in [-0.05, 0) is 73.9 Å². The minimum atomic E-state index is -0.910. The molecular weight excluding hydrogens is 396 g/mol. The first-order valence-corrected chi connectivity index (χ1v) is 11.3. The van der Waals surface area contributed by atoms with Crippen molar-refractivity contribution >= 4 is 23.6 Å². The first kappa shape index (κ1) is 19.1. The fourth-order valence-electron chi connectivity index (χ4n) is 6.22. The van der Waals surface area contributed by atoms with Gasteiger partial charge in [0.1, 0.15) is 6.04 Å². The number of hydrogen-bond acceptors (Lipinski definition) is 6. The van der Waals surface area contributed by atoms with E-state index in [9.17, 15) is 19.2 Å². The molecule has 0 radical (unpaired) electrons. The molecule has 5 aliphatic rings. The van der Waals surface area contributed by atoms with Gasteiger partial charge >= 0.3 is 0 Å². The molecule has 2 N–H and O–H groups in total. The molecule has 4 heterocycles. The lowest BCUT2D eigenvalue weighted by Gasteiger charge is -2.53. The number of piperidine rings is 2. The number of hydrogen-bond donors (Lipinski definition) is 2. The summed E-state index contributed by atoms with van der Waals surface area (Å²) in [5, 5.41) is 5.69. The highest BCUT2D eigenvalue weighted by Gasteiger charge is 2.49. The maximum Gasteiger partial charge on any atom is 0.262 e. The van der Waals surface area contributed by atoms with Crippen molar-refractivity contribution in [1.29, 1.82) is 0 Å². The maximum atomic E-state index is 13.0. The molecule has 1 unspecified atom stereocenters. The van der Waals surface area contributed by atoms with Crippen LogP contribution < -0.4 is 10.6 Å². The van der Waals surface area contributed by atoms with Crippen molar-refractivity contribution in [2.24, 2.45) is 5.41 Å². The Bertz CT molecular complexity index is 976. The lowest BCUT2D eigenvalue weighted by molar-refractivity contribution is -0.136. The van der Waals surface area contributed by atoms with Crippen LogP contribution >= 0.6 is 0 Å². The highest BCUT2D eigenvalue weighted by Crippen LogP contribution is 2.51. The Balaban J connectivity index is 1.19. The number of rotatable bonds is 2. The van der Waals surface area contributed by atoms with Crippen molar-refractivity contribution in [2.45, 2.75) is 63.7 Å². The van der Waals surface area contributed by atoms with Gasteiger partial charge in [0.05, 0.1) is 11.1 Å². The van der Waals surface area contributed by atoms with Crippen LogP contribution in [0.1, 0.15) is 70.4 Å². The number of nitrogens with one attached hydrogen (secondary N) is 2. The first-order chi connectivity index (χ1) is 14.9. The van der Waals surface area contributed by atoms with Gasteiger partial charge in [-0.15, -0.1) is 0 Å². The molecule has 4 aliphatic heterocycles. The zero-order chi connectivity index (χ0) is 21.3. The maximum absolute atomic E-state index is 13.0. The lowest BCUT2D eigenvalue weighted by atomic mass is 9.60. The molecule has 0 aromatic heterocycles. The number of nitrogens with zero attached hydrogens (tertiary/aromatic N) is 2. The van der Waals surface area contributed by atoms with Crippen LogP contribution in [0.3, 0.4) is 0 Å². The molecule has 8 heteroatoms. The first-order valence-electron chi connectivity index (χ1n) is 11.3. The molecule has 6 rings (SSSR count). The third kappa shape index (κ3) is 2.88. The molecule has 1 saturated carbocycles. The van der Waals surface area contributed by atoms with E-state index in [0.717, 1.165) is 42.2 Å². The number of carbonyl (C=O) groups is 4. The van der Waals surface area contributed by atoms with Gasteiger partial charge < -0.3 is 5.32 Å². The Labute approximate surface area is 180 Å². The van der Waals surface area contributed by atoms with Crippen LogP contribution in [-0.2, 0) is 22.7 Å². The van der Waals surface area contributed by atoms with Crippen LogP contribution in [-0.4, -0.2) is 58.6 Å². The Hall–Kier alpha value is -2.58. The van der Waals surface area contributed by atoms with Crippen LogP contribution in [0.25, 0.3) is 0 Å². The summed E-state index contributed by atoms with van der Waals surface area (Å²) in [4.78, 5) is 53.3. The van der Waals surface area contributed by atoms with Crippen LogP contribution in [0.15, 0.2) is 12.1 Å². The smallest absolute Gasteiger partial charge is 0.262 e. The van der Waals surface area contributed by atoms with Crippen molar-refractivity contribution in [3.8, 4) is 0 Å². The topological polar surface area (TPSA) is 98.8 Å². The van der Waals surface area contributed by atoms with E-state index in [2.05, 4.69) is 15.5 Å². The van der Waals surface area contributed by atoms with Crippen molar-refractivity contribution < 1.29 is 19.2 Å². The van der Waals surface area contributed by atoms with E-state index >= 15 is 0 Å². The Morgan fingerprint density at radius 3 is 2.10 bits per heavy atom. The summed E-state index contributed by atoms with van der Waals surface area (Å²) in [5.74, 6) is -1.78. The van der Waals surface area contributed by atoms with Gasteiger partial charge in [0.25, 0.3) is 11.8 Å². The predicted molar refractivity (Wildman–Crippen MR) is 110 cm³/mol. The standard InChI is InChI=1S/C23H26N4O4/c28-19-2-1-18(20(29)25-19)27-21(30)16-7-13-11-26(12-14(13)8-17(16)22(27)31)15-9-23(10-15)3-5-24-6-4-23/h7-8,15,18,24H,1-6,9-12H2,(H,25,28,29). The molecule has 1 aromatic carbocycles. The second-order valence-corrected chi connectivity index (χ2v) is 9.83. The Kier molecular flexibility index (Phi) is 4.14. The van der Waals surface area contributed by atoms with Crippen molar-refractivity contribution in [3.63, 3.8) is 0 Å². The van der Waals surface area contributed by atoms with Gasteiger partial charge in [-0.1, -0.05) is 0 Å². The second-order valence-electron chi connectivity index (χ2n) is 9.83. The molecule has 1 spiro atoms. The zero-order valence-corrected chi connectivity index (χ0v) is 17.4. The summed E-state index contributed by atoms with van der Waals surface area (Å²) >= 11 is 0. The van der Waals surface area contributed by atoms with E-state index < -0.39 is 23.8 Å². The molecule has 3 fully saturated rings. The van der Waals surface area contributed by atoms with E-state index in [1.807, 2.05) is 12.1 Å². The summed E-state index contributed by atoms with van der Waals surface area (Å²) in [6, 6.07) is 3.38. The number of amides is 4. The van der Waals surface area contributed by atoms with E-state index in [1.54, 1.807) is 0 Å². The average Bonchev–Trinajstić information content (AvgIpc) is 3.25. The molecule has 0 bridgehead atoms. The molecule has 4 amide bonds. The van der Waals surface area contributed by atoms with Gasteiger partial charge in [0, 0.05) is 25.6 Å². The molecule has 8 nitrogen and oxygen atoms in total. The van der Waals surface area contributed by atoms with E-state index in [1.165, 1.54) is 25.7 Å². The molecule has 1 atom stereocenters. The average molecular weight is 422 g/mol. The number of fused-ring (bicyclic) bond motifs is 2. The molecule has 31 heavy (non-hydrogen) atoms. The van der Waals surface area contributed by atoms with Gasteiger partial charge in [0.15, 0.2) is 0 Å². The summed E-state index contributed by atoms with van der Waals surface area (Å²) in [6.45, 7) is 3.85. The van der Waals surface area contributed by atoms with E-state index in [0.29, 0.717) is 22.6 Å². The molecule has 1 aliphatic carbocycles. The Morgan fingerprint density at radius 2 is 1.52 bits per heavy atom. The quantitative estimate of drug-likeness (QED) is 0.689. The Morgan fingerprint density at radius 1 is 0.903 bits per heavy atom. The zero-order valence-electron chi connectivity index (χ0n) is 17.4. The summed E-state index contributed by atoms with van der Waals surface area (Å²) in [7, 11) is 0. The third-order valence-corrected chi connectivity index (χ3v) is 8.02. The van der Waals surface area contributed by atoms with Gasteiger partial charge in [-0.3, -0.25) is 34.3 Å². The molecule has 162 valence electrons. The van der Waals surface area contributed by atoms with E-state index in [4.69, 9.17) is 0 Å². The summed E-state index contributed by atoms with van der Waals surface area (Å²) in [6.07, 6.45) is 5.32. The highest BCUT2D eigenvalue weighted by molar-refractivity contribution is 6.23. The minimum Gasteiger partial charge on any atom is -0.317 e. The highest BCUT2D eigenvalue weighted by atomic mass is 16.2. The fraction of sp³-hybridized carbons (Fsp3) is 0.565. The van der Waals surface area contributed by atoms with Crippen LogP contribution in [0.5, 0.6) is 0 Å². The monoisotopic (exact) mass is 422 g/mol. The van der Waals surface area contributed by atoms with Crippen LogP contribution in [0, 0.1) is 5.41 Å². The van der Waals surface area contributed by atoms with Crippen molar-refractivity contribution in [3.05, 3.63) is 34.4 Å². The van der Waals surface area contributed by atoms with Crippen LogP contribution in [0.2, 0.25) is 0 Å². The normalized spacial score (nSPS) is 28.0. The summed E-state index contributed by atoms with van der Waals surface area (Å²) < 4.78 is 0. The largest absolute Gasteiger partial charge is 0.317 e. The van der Waals surface area contributed by atoms with Gasteiger partial charge in [0.2, 0.25) is 11.8 Å². The number of carbonyl (C=O) groups excluding carboxylic acids is 4. The van der Waals surface area contributed by atoms with Crippen molar-refractivity contribution in [1.82, 2.24) is 20.4 Å². The number of benzene rings is 1.